The highest BCUT2D eigenvalue weighted by Crippen LogP contribution is 2.36. The number of aromatic nitrogens is 4. The fourth-order valence-corrected chi connectivity index (χ4v) is 3.19. The summed E-state index contributed by atoms with van der Waals surface area (Å²) in [6.45, 7) is 0. The lowest BCUT2D eigenvalue weighted by Crippen LogP contribution is -2.16. The van der Waals surface area contributed by atoms with Crippen LogP contribution in [0.5, 0.6) is 0 Å². The SMILES string of the molecule is Nc1ncnc2c1c(Cc1cc(Cl)ccn1)cn2C1CCC1. The zero-order valence-corrected chi connectivity index (χ0v) is 12.8. The second-order valence-corrected chi connectivity index (χ2v) is 6.18. The molecule has 1 saturated carbocycles. The maximum absolute atomic E-state index is 6.10. The van der Waals surface area contributed by atoms with Crippen molar-refractivity contribution in [1.82, 2.24) is 19.5 Å². The third-order valence-corrected chi connectivity index (χ3v) is 4.57. The number of anilines is 1. The Morgan fingerprint density at radius 2 is 2.14 bits per heavy atom. The summed E-state index contributed by atoms with van der Waals surface area (Å²) in [5.41, 5.74) is 9.05. The minimum atomic E-state index is 0.526. The van der Waals surface area contributed by atoms with Gasteiger partial charge in [0.15, 0.2) is 0 Å². The third kappa shape index (κ3) is 2.22. The van der Waals surface area contributed by atoms with Gasteiger partial charge in [0.05, 0.1) is 5.39 Å². The number of nitrogen functional groups attached to an aromatic ring is 1. The quantitative estimate of drug-likeness (QED) is 0.804. The molecule has 0 aliphatic heterocycles. The summed E-state index contributed by atoms with van der Waals surface area (Å²) < 4.78 is 2.25. The molecule has 4 rings (SSSR count). The van der Waals surface area contributed by atoms with E-state index in [4.69, 9.17) is 17.3 Å². The maximum Gasteiger partial charge on any atom is 0.146 e. The Hall–Kier alpha value is -2.14. The predicted octanol–water partition coefficient (Wildman–Crippen LogP) is 3.38. The molecule has 1 fully saturated rings. The maximum atomic E-state index is 6.10. The van der Waals surface area contributed by atoms with Crippen LogP contribution in [0.1, 0.15) is 36.6 Å². The number of rotatable bonds is 3. The Bertz CT molecular complexity index is 838. The molecule has 2 N–H and O–H groups in total. The van der Waals surface area contributed by atoms with Crippen LogP contribution in [0.15, 0.2) is 30.9 Å². The zero-order valence-electron chi connectivity index (χ0n) is 12.0. The largest absolute Gasteiger partial charge is 0.383 e. The molecule has 6 heteroatoms. The lowest BCUT2D eigenvalue weighted by atomic mass is 9.93. The molecular formula is C16H16ClN5. The molecule has 0 saturated heterocycles. The standard InChI is InChI=1S/C16H16ClN5/c17-11-4-5-19-12(7-11)6-10-8-22(13-2-1-3-13)16-14(10)15(18)20-9-21-16/h4-5,7-9,13H,1-3,6H2,(H2,18,20,21). The van der Waals surface area contributed by atoms with Crippen LogP contribution in [0.4, 0.5) is 5.82 Å². The van der Waals surface area contributed by atoms with Gasteiger partial charge in [-0.05, 0) is 37.0 Å². The van der Waals surface area contributed by atoms with E-state index in [0.29, 0.717) is 23.3 Å². The molecule has 1 aliphatic rings. The van der Waals surface area contributed by atoms with E-state index in [9.17, 15) is 0 Å². The molecule has 3 aromatic rings. The molecule has 112 valence electrons. The van der Waals surface area contributed by atoms with Crippen molar-refractivity contribution >= 4 is 28.5 Å². The molecule has 0 spiro atoms. The van der Waals surface area contributed by atoms with Gasteiger partial charge in [0.25, 0.3) is 0 Å². The van der Waals surface area contributed by atoms with Crippen LogP contribution in [0, 0.1) is 0 Å². The monoisotopic (exact) mass is 313 g/mol. The first-order chi connectivity index (χ1) is 10.7. The fourth-order valence-electron chi connectivity index (χ4n) is 3.00. The molecule has 3 aromatic heterocycles. The summed E-state index contributed by atoms with van der Waals surface area (Å²) >= 11 is 6.05. The van der Waals surface area contributed by atoms with Crippen molar-refractivity contribution in [1.29, 1.82) is 0 Å². The Balaban J connectivity index is 1.82. The Kier molecular flexibility index (Phi) is 3.22. The first kappa shape index (κ1) is 13.5. The molecule has 22 heavy (non-hydrogen) atoms. The summed E-state index contributed by atoms with van der Waals surface area (Å²) in [7, 11) is 0. The lowest BCUT2D eigenvalue weighted by Gasteiger charge is -2.27. The number of nitrogens with zero attached hydrogens (tertiary/aromatic N) is 4. The van der Waals surface area contributed by atoms with E-state index >= 15 is 0 Å². The van der Waals surface area contributed by atoms with Crippen molar-refractivity contribution < 1.29 is 0 Å². The summed E-state index contributed by atoms with van der Waals surface area (Å²) in [4.78, 5) is 13.0. The number of pyridine rings is 1. The van der Waals surface area contributed by atoms with E-state index in [1.54, 1.807) is 12.3 Å². The van der Waals surface area contributed by atoms with Gasteiger partial charge >= 0.3 is 0 Å². The molecule has 5 nitrogen and oxygen atoms in total. The zero-order chi connectivity index (χ0) is 15.1. The Morgan fingerprint density at radius 1 is 1.27 bits per heavy atom. The van der Waals surface area contributed by atoms with Crippen LogP contribution < -0.4 is 5.73 Å². The number of halogens is 1. The molecular weight excluding hydrogens is 298 g/mol. The number of hydrogen-bond acceptors (Lipinski definition) is 4. The van der Waals surface area contributed by atoms with Crippen LogP contribution in [0.3, 0.4) is 0 Å². The topological polar surface area (TPSA) is 69.6 Å². The van der Waals surface area contributed by atoms with Gasteiger partial charge in [0, 0.05) is 35.6 Å². The lowest BCUT2D eigenvalue weighted by molar-refractivity contribution is 0.320. The highest BCUT2D eigenvalue weighted by Gasteiger charge is 2.24. The van der Waals surface area contributed by atoms with Gasteiger partial charge in [0.1, 0.15) is 17.8 Å². The van der Waals surface area contributed by atoms with Crippen LogP contribution in [-0.2, 0) is 6.42 Å². The molecule has 0 unspecified atom stereocenters. The van der Waals surface area contributed by atoms with E-state index in [0.717, 1.165) is 22.3 Å². The predicted molar refractivity (Wildman–Crippen MR) is 86.9 cm³/mol. The highest BCUT2D eigenvalue weighted by molar-refractivity contribution is 6.30. The van der Waals surface area contributed by atoms with Gasteiger partial charge in [-0.3, -0.25) is 4.98 Å². The van der Waals surface area contributed by atoms with Gasteiger partial charge in [-0.2, -0.15) is 0 Å². The first-order valence-electron chi connectivity index (χ1n) is 7.42. The number of nitrogens with two attached hydrogens (primary N) is 1. The average molecular weight is 314 g/mol. The Labute approximate surface area is 133 Å². The summed E-state index contributed by atoms with van der Waals surface area (Å²) in [6, 6.07) is 4.19. The molecule has 1 aliphatic carbocycles. The van der Waals surface area contributed by atoms with Gasteiger partial charge in [-0.25, -0.2) is 9.97 Å². The van der Waals surface area contributed by atoms with Crippen molar-refractivity contribution in [2.24, 2.45) is 0 Å². The molecule has 0 aromatic carbocycles. The number of hydrogen-bond donors (Lipinski definition) is 1. The fraction of sp³-hybridized carbons (Fsp3) is 0.312. The Morgan fingerprint density at radius 3 is 2.86 bits per heavy atom. The average Bonchev–Trinajstić information content (AvgIpc) is 2.77. The van der Waals surface area contributed by atoms with Gasteiger partial charge in [0.2, 0.25) is 0 Å². The van der Waals surface area contributed by atoms with Gasteiger partial charge in [-0.1, -0.05) is 11.6 Å². The molecule has 0 atom stereocenters. The molecule has 0 bridgehead atoms. The minimum Gasteiger partial charge on any atom is -0.383 e. The third-order valence-electron chi connectivity index (χ3n) is 4.34. The van der Waals surface area contributed by atoms with Crippen LogP contribution in [-0.4, -0.2) is 19.5 Å². The van der Waals surface area contributed by atoms with Crippen molar-refractivity contribution in [3.63, 3.8) is 0 Å². The smallest absolute Gasteiger partial charge is 0.146 e. The van der Waals surface area contributed by atoms with E-state index in [1.807, 2.05) is 6.07 Å². The second-order valence-electron chi connectivity index (χ2n) is 5.75. The van der Waals surface area contributed by atoms with Crippen molar-refractivity contribution in [2.45, 2.75) is 31.7 Å². The van der Waals surface area contributed by atoms with Crippen molar-refractivity contribution in [2.75, 3.05) is 5.73 Å². The summed E-state index contributed by atoms with van der Waals surface area (Å²) in [6.07, 6.45) is 9.76. The summed E-state index contributed by atoms with van der Waals surface area (Å²) in [5, 5.41) is 1.63. The number of fused-ring (bicyclic) bond motifs is 1. The highest BCUT2D eigenvalue weighted by atomic mass is 35.5. The first-order valence-corrected chi connectivity index (χ1v) is 7.80. The van der Waals surface area contributed by atoms with Crippen LogP contribution in [0.25, 0.3) is 11.0 Å². The van der Waals surface area contributed by atoms with Crippen LogP contribution in [0.2, 0.25) is 5.02 Å². The van der Waals surface area contributed by atoms with E-state index in [-0.39, 0.29) is 0 Å². The van der Waals surface area contributed by atoms with Crippen molar-refractivity contribution in [3.8, 4) is 0 Å². The van der Waals surface area contributed by atoms with Gasteiger partial charge in [-0.15, -0.1) is 0 Å². The summed E-state index contributed by atoms with van der Waals surface area (Å²) in [5.74, 6) is 0.528. The molecule has 0 amide bonds. The van der Waals surface area contributed by atoms with Crippen LogP contribution >= 0.6 is 11.6 Å². The van der Waals surface area contributed by atoms with E-state index in [1.165, 1.54) is 25.6 Å². The van der Waals surface area contributed by atoms with Crippen molar-refractivity contribution in [3.05, 3.63) is 47.1 Å². The molecule has 3 heterocycles. The van der Waals surface area contributed by atoms with Gasteiger partial charge < -0.3 is 10.3 Å². The molecule has 0 radical (unpaired) electrons. The normalized spacial score (nSPS) is 15.1. The van der Waals surface area contributed by atoms with E-state index < -0.39 is 0 Å². The van der Waals surface area contributed by atoms with E-state index in [2.05, 4.69) is 25.7 Å². The minimum absolute atomic E-state index is 0.526. The second kappa shape index (κ2) is 5.25.